The molecule has 2 N–H and O–H groups in total. The minimum absolute atomic E-state index is 0.00491. The molecule has 11 nitrogen and oxygen atoms in total. The molecule has 196 valence electrons. The molecule has 0 aliphatic carbocycles. The number of rotatable bonds is 4. The second-order valence-electron chi connectivity index (χ2n) is 9.62. The SMILES string of the molecule is CC(C)[C@@H]1NC(=O)[C@@H](C)NC(=O)CCCN(C(=O)Cn2ccnc2)CCn2nc(-c3ccccc3)nc21. The van der Waals surface area contributed by atoms with E-state index in [0.717, 1.165) is 5.56 Å². The Morgan fingerprint density at radius 3 is 2.59 bits per heavy atom. The highest BCUT2D eigenvalue weighted by Gasteiger charge is 2.28. The summed E-state index contributed by atoms with van der Waals surface area (Å²) >= 11 is 0. The van der Waals surface area contributed by atoms with Crippen LogP contribution in [-0.4, -0.2) is 66.1 Å². The number of amides is 3. The third kappa shape index (κ3) is 6.60. The Labute approximate surface area is 216 Å². The van der Waals surface area contributed by atoms with Crippen LogP contribution in [0.15, 0.2) is 49.1 Å². The van der Waals surface area contributed by atoms with Gasteiger partial charge in [0.2, 0.25) is 17.7 Å². The molecule has 0 fully saturated rings. The first-order chi connectivity index (χ1) is 17.8. The summed E-state index contributed by atoms with van der Waals surface area (Å²) in [6, 6.07) is 8.51. The van der Waals surface area contributed by atoms with Crippen LogP contribution < -0.4 is 10.6 Å². The molecule has 0 saturated heterocycles. The topological polar surface area (TPSA) is 127 Å². The van der Waals surface area contributed by atoms with Gasteiger partial charge >= 0.3 is 0 Å². The zero-order valence-corrected chi connectivity index (χ0v) is 21.5. The summed E-state index contributed by atoms with van der Waals surface area (Å²) in [7, 11) is 0. The maximum atomic E-state index is 13.2. The summed E-state index contributed by atoms with van der Waals surface area (Å²) in [5, 5.41) is 10.6. The van der Waals surface area contributed by atoms with Crippen LogP contribution in [-0.2, 0) is 27.5 Å². The molecule has 3 amide bonds. The minimum Gasteiger partial charge on any atom is -0.345 e. The van der Waals surface area contributed by atoms with E-state index in [1.807, 2.05) is 44.2 Å². The van der Waals surface area contributed by atoms with Gasteiger partial charge in [0, 0.05) is 37.5 Å². The van der Waals surface area contributed by atoms with E-state index in [1.165, 1.54) is 0 Å². The van der Waals surface area contributed by atoms with Crippen LogP contribution in [0.1, 0.15) is 45.5 Å². The van der Waals surface area contributed by atoms with Gasteiger partial charge in [-0.3, -0.25) is 14.4 Å². The lowest BCUT2D eigenvalue weighted by molar-refractivity contribution is -0.132. The molecule has 0 spiro atoms. The summed E-state index contributed by atoms with van der Waals surface area (Å²) < 4.78 is 3.51. The number of carbonyl (C=O) groups excluding carboxylic acids is 3. The third-order valence-electron chi connectivity index (χ3n) is 6.39. The number of nitrogens with zero attached hydrogens (tertiary/aromatic N) is 6. The molecule has 2 atom stereocenters. The molecule has 37 heavy (non-hydrogen) atoms. The Kier molecular flexibility index (Phi) is 8.32. The van der Waals surface area contributed by atoms with E-state index >= 15 is 0 Å². The largest absolute Gasteiger partial charge is 0.345 e. The van der Waals surface area contributed by atoms with Crippen LogP contribution in [0.3, 0.4) is 0 Å². The van der Waals surface area contributed by atoms with Crippen molar-refractivity contribution in [3.8, 4) is 11.4 Å². The maximum absolute atomic E-state index is 13.2. The predicted molar refractivity (Wildman–Crippen MR) is 137 cm³/mol. The van der Waals surface area contributed by atoms with E-state index in [0.29, 0.717) is 37.7 Å². The number of aromatic nitrogens is 5. The van der Waals surface area contributed by atoms with Crippen molar-refractivity contribution in [2.45, 2.75) is 58.8 Å². The lowest BCUT2D eigenvalue weighted by Crippen LogP contribution is -2.47. The van der Waals surface area contributed by atoms with Crippen molar-refractivity contribution >= 4 is 17.7 Å². The van der Waals surface area contributed by atoms with Crippen molar-refractivity contribution in [2.75, 3.05) is 13.1 Å². The van der Waals surface area contributed by atoms with Crippen molar-refractivity contribution in [3.63, 3.8) is 0 Å². The van der Waals surface area contributed by atoms with Crippen LogP contribution in [0, 0.1) is 5.92 Å². The summed E-state index contributed by atoms with van der Waals surface area (Å²) in [4.78, 5) is 49.2. The Bertz CT molecular complexity index is 1210. The van der Waals surface area contributed by atoms with Gasteiger partial charge in [0.1, 0.15) is 12.6 Å². The molecule has 3 aromatic rings. The van der Waals surface area contributed by atoms with Crippen molar-refractivity contribution < 1.29 is 14.4 Å². The van der Waals surface area contributed by atoms with Gasteiger partial charge in [-0.2, -0.15) is 5.10 Å². The summed E-state index contributed by atoms with van der Waals surface area (Å²) in [6.07, 6.45) is 5.68. The molecule has 1 aromatic carbocycles. The number of hydrogen-bond donors (Lipinski definition) is 2. The van der Waals surface area contributed by atoms with Gasteiger partial charge in [0.15, 0.2) is 11.6 Å². The number of benzene rings is 1. The van der Waals surface area contributed by atoms with Gasteiger partial charge in [0.05, 0.1) is 18.9 Å². The van der Waals surface area contributed by atoms with Gasteiger partial charge in [-0.25, -0.2) is 14.6 Å². The smallest absolute Gasteiger partial charge is 0.242 e. The monoisotopic (exact) mass is 506 g/mol. The Balaban J connectivity index is 1.68. The fraction of sp³-hybridized carbons (Fsp3) is 0.462. The summed E-state index contributed by atoms with van der Waals surface area (Å²) in [5.74, 6) is 0.592. The van der Waals surface area contributed by atoms with Crippen LogP contribution in [0.25, 0.3) is 11.4 Å². The number of nitrogens with one attached hydrogen (secondary N) is 2. The zero-order valence-electron chi connectivity index (χ0n) is 21.5. The molecule has 4 rings (SSSR count). The second kappa shape index (κ2) is 11.8. The first kappa shape index (κ1) is 26.1. The molecule has 11 heteroatoms. The summed E-state index contributed by atoms with van der Waals surface area (Å²) in [5.41, 5.74) is 0.864. The van der Waals surface area contributed by atoms with Crippen molar-refractivity contribution in [3.05, 3.63) is 54.9 Å². The molecular formula is C26H34N8O3. The highest BCUT2D eigenvalue weighted by molar-refractivity contribution is 5.87. The van der Waals surface area contributed by atoms with Crippen LogP contribution >= 0.6 is 0 Å². The number of carbonyl (C=O) groups is 3. The first-order valence-corrected chi connectivity index (χ1v) is 12.6. The lowest BCUT2D eigenvalue weighted by atomic mass is 10.0. The van der Waals surface area contributed by atoms with E-state index in [-0.39, 0.29) is 36.6 Å². The van der Waals surface area contributed by atoms with Gasteiger partial charge < -0.3 is 20.1 Å². The lowest BCUT2D eigenvalue weighted by Gasteiger charge is -2.27. The van der Waals surface area contributed by atoms with E-state index in [1.54, 1.807) is 39.8 Å². The number of imidazole rings is 1. The predicted octanol–water partition coefficient (Wildman–Crippen LogP) is 1.78. The molecular weight excluding hydrogens is 472 g/mol. The Morgan fingerprint density at radius 1 is 1.11 bits per heavy atom. The van der Waals surface area contributed by atoms with E-state index in [2.05, 4.69) is 15.6 Å². The van der Waals surface area contributed by atoms with Gasteiger partial charge in [-0.05, 0) is 19.3 Å². The number of fused-ring (bicyclic) bond motifs is 1. The first-order valence-electron chi connectivity index (χ1n) is 12.6. The maximum Gasteiger partial charge on any atom is 0.242 e. The quantitative estimate of drug-likeness (QED) is 0.555. The molecule has 2 aromatic heterocycles. The zero-order chi connectivity index (χ0) is 26.4. The molecule has 3 heterocycles. The second-order valence-corrected chi connectivity index (χ2v) is 9.62. The van der Waals surface area contributed by atoms with Gasteiger partial charge in [-0.1, -0.05) is 44.2 Å². The third-order valence-corrected chi connectivity index (χ3v) is 6.39. The Morgan fingerprint density at radius 2 is 1.89 bits per heavy atom. The van der Waals surface area contributed by atoms with E-state index in [9.17, 15) is 14.4 Å². The molecule has 0 unspecified atom stereocenters. The van der Waals surface area contributed by atoms with Gasteiger partial charge in [0.25, 0.3) is 0 Å². The molecule has 0 saturated carbocycles. The molecule has 1 aliphatic heterocycles. The highest BCUT2D eigenvalue weighted by atomic mass is 16.2. The van der Waals surface area contributed by atoms with Gasteiger partial charge in [-0.15, -0.1) is 0 Å². The van der Waals surface area contributed by atoms with Crippen molar-refractivity contribution in [1.82, 2.24) is 39.8 Å². The Hall–Kier alpha value is -4.02. The number of hydrogen-bond acceptors (Lipinski definition) is 6. The molecule has 1 aliphatic rings. The average Bonchev–Trinajstić information content (AvgIpc) is 3.54. The van der Waals surface area contributed by atoms with Crippen molar-refractivity contribution in [1.29, 1.82) is 0 Å². The van der Waals surface area contributed by atoms with E-state index in [4.69, 9.17) is 10.1 Å². The van der Waals surface area contributed by atoms with Crippen molar-refractivity contribution in [2.24, 2.45) is 5.92 Å². The molecule has 0 bridgehead atoms. The van der Waals surface area contributed by atoms with Crippen LogP contribution in [0.5, 0.6) is 0 Å². The standard InChI is InChI=1S/C26H34N8O3/c1-18(2)23-25-30-24(20-8-5-4-6-9-20)31-34(25)15-14-33(22(36)16-32-13-11-27-17-32)12-7-10-21(35)28-19(3)26(37)29-23/h4-6,8-9,11,13,17-19,23H,7,10,12,14-16H2,1-3H3,(H,28,35)(H,29,37)/t19-,23+/m1/s1. The normalized spacial score (nSPS) is 19.6. The fourth-order valence-corrected chi connectivity index (χ4v) is 4.29. The molecule has 0 radical (unpaired) electrons. The average molecular weight is 507 g/mol. The minimum atomic E-state index is -0.708. The van der Waals surface area contributed by atoms with Crippen LogP contribution in [0.4, 0.5) is 0 Å². The fourth-order valence-electron chi connectivity index (χ4n) is 4.29. The highest BCUT2D eigenvalue weighted by Crippen LogP contribution is 2.24. The summed E-state index contributed by atoms with van der Waals surface area (Å²) in [6.45, 7) is 7.01. The van der Waals surface area contributed by atoms with E-state index < -0.39 is 12.1 Å². The van der Waals surface area contributed by atoms with Crippen LogP contribution in [0.2, 0.25) is 0 Å².